The van der Waals surface area contributed by atoms with Crippen LogP contribution in [0.2, 0.25) is 0 Å². The standard InChI is InChI=1S/C15H24N2O2S/c1-3-12-4-5-14(17-10-12)9-15(16-2)8-13-6-7-20(18,19)11-13/h4-5,10,13,15-16H,3,6-9,11H2,1-2H3. The third-order valence-electron chi connectivity index (χ3n) is 4.10. The van der Waals surface area contributed by atoms with Gasteiger partial charge in [0.05, 0.1) is 11.5 Å². The molecule has 1 N–H and O–H groups in total. The molecule has 112 valence electrons. The van der Waals surface area contributed by atoms with Crippen LogP contribution < -0.4 is 5.32 Å². The maximum atomic E-state index is 11.5. The Morgan fingerprint density at radius 2 is 2.25 bits per heavy atom. The van der Waals surface area contributed by atoms with E-state index in [1.54, 1.807) is 0 Å². The number of sulfone groups is 1. The Kier molecular flexibility index (Phi) is 5.16. The molecule has 0 aromatic carbocycles. The Hall–Kier alpha value is -0.940. The molecule has 0 amide bonds. The van der Waals surface area contributed by atoms with Crippen molar-refractivity contribution in [2.24, 2.45) is 5.92 Å². The van der Waals surface area contributed by atoms with Crippen LogP contribution in [0.3, 0.4) is 0 Å². The van der Waals surface area contributed by atoms with Crippen LogP contribution in [0.4, 0.5) is 0 Å². The molecule has 0 bridgehead atoms. The van der Waals surface area contributed by atoms with Crippen molar-refractivity contribution in [3.63, 3.8) is 0 Å². The first-order chi connectivity index (χ1) is 9.52. The summed E-state index contributed by atoms with van der Waals surface area (Å²) in [5, 5.41) is 3.30. The number of hydrogen-bond donors (Lipinski definition) is 1. The lowest BCUT2D eigenvalue weighted by Crippen LogP contribution is -2.30. The van der Waals surface area contributed by atoms with Crippen molar-refractivity contribution in [2.45, 2.75) is 38.6 Å². The van der Waals surface area contributed by atoms with Crippen LogP contribution in [0.5, 0.6) is 0 Å². The Morgan fingerprint density at radius 3 is 2.75 bits per heavy atom. The normalized spacial score (nSPS) is 22.8. The molecule has 0 saturated carbocycles. The van der Waals surface area contributed by atoms with Crippen LogP contribution in [0.15, 0.2) is 18.3 Å². The van der Waals surface area contributed by atoms with E-state index in [4.69, 9.17) is 0 Å². The Morgan fingerprint density at radius 1 is 1.45 bits per heavy atom. The number of nitrogens with zero attached hydrogens (tertiary/aromatic N) is 1. The van der Waals surface area contributed by atoms with Gasteiger partial charge in [-0.05, 0) is 43.9 Å². The van der Waals surface area contributed by atoms with E-state index in [-0.39, 0.29) is 0 Å². The zero-order chi connectivity index (χ0) is 14.6. The largest absolute Gasteiger partial charge is 0.317 e. The summed E-state index contributed by atoms with van der Waals surface area (Å²) in [5.74, 6) is 1.01. The van der Waals surface area contributed by atoms with Gasteiger partial charge in [-0.2, -0.15) is 0 Å². The average Bonchev–Trinajstić information content (AvgIpc) is 2.78. The zero-order valence-electron chi connectivity index (χ0n) is 12.3. The minimum atomic E-state index is -2.77. The first-order valence-electron chi connectivity index (χ1n) is 7.34. The van der Waals surface area contributed by atoms with Gasteiger partial charge in [0.2, 0.25) is 0 Å². The molecule has 5 heteroatoms. The minimum absolute atomic E-state index is 0.298. The number of nitrogens with one attached hydrogen (secondary N) is 1. The van der Waals surface area contributed by atoms with Crippen LogP contribution in [0, 0.1) is 5.92 Å². The number of aryl methyl sites for hydroxylation is 1. The van der Waals surface area contributed by atoms with Crippen molar-refractivity contribution in [1.82, 2.24) is 10.3 Å². The van der Waals surface area contributed by atoms with E-state index in [0.29, 0.717) is 23.5 Å². The molecule has 1 aromatic rings. The van der Waals surface area contributed by atoms with Crippen LogP contribution >= 0.6 is 0 Å². The van der Waals surface area contributed by atoms with Gasteiger partial charge in [0.15, 0.2) is 9.84 Å². The predicted molar refractivity (Wildman–Crippen MR) is 81.5 cm³/mol. The van der Waals surface area contributed by atoms with E-state index in [2.05, 4.69) is 29.4 Å². The van der Waals surface area contributed by atoms with Crippen LogP contribution in [-0.2, 0) is 22.7 Å². The van der Waals surface area contributed by atoms with Gasteiger partial charge in [-0.1, -0.05) is 13.0 Å². The van der Waals surface area contributed by atoms with Gasteiger partial charge < -0.3 is 5.32 Å². The van der Waals surface area contributed by atoms with Crippen molar-refractivity contribution >= 4 is 9.84 Å². The fourth-order valence-electron chi connectivity index (χ4n) is 2.80. The number of hydrogen-bond acceptors (Lipinski definition) is 4. The van der Waals surface area contributed by atoms with E-state index < -0.39 is 9.84 Å². The van der Waals surface area contributed by atoms with Crippen LogP contribution in [0.1, 0.15) is 31.0 Å². The Balaban J connectivity index is 1.91. The van der Waals surface area contributed by atoms with Crippen molar-refractivity contribution in [3.8, 4) is 0 Å². The average molecular weight is 296 g/mol. The first-order valence-corrected chi connectivity index (χ1v) is 9.16. The highest BCUT2D eigenvalue weighted by atomic mass is 32.2. The molecular weight excluding hydrogens is 272 g/mol. The quantitative estimate of drug-likeness (QED) is 0.866. The molecule has 20 heavy (non-hydrogen) atoms. The molecular formula is C15H24N2O2S. The molecule has 0 radical (unpaired) electrons. The smallest absolute Gasteiger partial charge is 0.150 e. The van der Waals surface area contributed by atoms with Crippen molar-refractivity contribution in [3.05, 3.63) is 29.6 Å². The lowest BCUT2D eigenvalue weighted by Gasteiger charge is -2.19. The second-order valence-electron chi connectivity index (χ2n) is 5.71. The molecule has 1 aliphatic heterocycles. The first kappa shape index (κ1) is 15.4. The Bertz CT molecular complexity index is 525. The number of rotatable bonds is 6. The predicted octanol–water partition coefficient (Wildman–Crippen LogP) is 1.60. The summed E-state index contributed by atoms with van der Waals surface area (Å²) in [5.41, 5.74) is 2.32. The van der Waals surface area contributed by atoms with Gasteiger partial charge in [0.1, 0.15) is 0 Å². The van der Waals surface area contributed by atoms with Gasteiger partial charge in [-0.3, -0.25) is 4.98 Å². The molecule has 2 atom stereocenters. The summed E-state index contributed by atoms with van der Waals surface area (Å²) in [6.45, 7) is 2.12. The van der Waals surface area contributed by atoms with Crippen LogP contribution in [-0.4, -0.2) is 38.0 Å². The van der Waals surface area contributed by atoms with Gasteiger partial charge in [0, 0.05) is 24.4 Å². The third-order valence-corrected chi connectivity index (χ3v) is 5.94. The monoisotopic (exact) mass is 296 g/mol. The van der Waals surface area contributed by atoms with E-state index >= 15 is 0 Å². The number of likely N-dealkylation sites (N-methyl/N-ethyl adjacent to an activating group) is 1. The molecule has 1 aromatic heterocycles. The maximum Gasteiger partial charge on any atom is 0.150 e. The second kappa shape index (κ2) is 6.68. The van der Waals surface area contributed by atoms with Gasteiger partial charge in [-0.15, -0.1) is 0 Å². The summed E-state index contributed by atoms with van der Waals surface area (Å²) >= 11 is 0. The zero-order valence-corrected chi connectivity index (χ0v) is 13.1. The number of pyridine rings is 1. The Labute approximate surface area is 121 Å². The van der Waals surface area contributed by atoms with Crippen molar-refractivity contribution in [2.75, 3.05) is 18.6 Å². The van der Waals surface area contributed by atoms with E-state index in [1.807, 2.05) is 13.2 Å². The molecule has 2 heterocycles. The SMILES string of the molecule is CCc1ccc(CC(CC2CCS(=O)(=O)C2)NC)nc1. The fourth-order valence-corrected chi connectivity index (χ4v) is 4.68. The summed E-state index contributed by atoms with van der Waals surface area (Å²) < 4.78 is 23.0. The highest BCUT2D eigenvalue weighted by Crippen LogP contribution is 2.23. The lowest BCUT2D eigenvalue weighted by molar-refractivity contribution is 0.421. The molecule has 0 spiro atoms. The third kappa shape index (κ3) is 4.28. The van der Waals surface area contributed by atoms with E-state index in [9.17, 15) is 8.42 Å². The van der Waals surface area contributed by atoms with E-state index in [1.165, 1.54) is 5.56 Å². The molecule has 1 saturated heterocycles. The molecule has 0 aliphatic carbocycles. The molecule has 1 aliphatic rings. The van der Waals surface area contributed by atoms with Crippen LogP contribution in [0.25, 0.3) is 0 Å². The molecule has 4 nitrogen and oxygen atoms in total. The topological polar surface area (TPSA) is 59.1 Å². The summed E-state index contributed by atoms with van der Waals surface area (Å²) in [4.78, 5) is 4.48. The molecule has 1 fully saturated rings. The summed E-state index contributed by atoms with van der Waals surface area (Å²) in [6.07, 6.45) is 5.51. The highest BCUT2D eigenvalue weighted by Gasteiger charge is 2.29. The highest BCUT2D eigenvalue weighted by molar-refractivity contribution is 7.91. The van der Waals surface area contributed by atoms with Gasteiger partial charge in [0.25, 0.3) is 0 Å². The minimum Gasteiger partial charge on any atom is -0.317 e. The lowest BCUT2D eigenvalue weighted by atomic mass is 9.96. The van der Waals surface area contributed by atoms with Crippen molar-refractivity contribution < 1.29 is 8.42 Å². The molecule has 2 unspecified atom stereocenters. The van der Waals surface area contributed by atoms with Gasteiger partial charge >= 0.3 is 0 Å². The molecule has 2 rings (SSSR count). The van der Waals surface area contributed by atoms with Crippen molar-refractivity contribution in [1.29, 1.82) is 0 Å². The summed E-state index contributed by atoms with van der Waals surface area (Å²) in [6, 6.07) is 4.50. The van der Waals surface area contributed by atoms with E-state index in [0.717, 1.165) is 31.4 Å². The van der Waals surface area contributed by atoms with Gasteiger partial charge in [-0.25, -0.2) is 8.42 Å². The number of aromatic nitrogens is 1. The second-order valence-corrected chi connectivity index (χ2v) is 7.93. The summed E-state index contributed by atoms with van der Waals surface area (Å²) in [7, 11) is -0.836. The maximum absolute atomic E-state index is 11.5. The fraction of sp³-hybridized carbons (Fsp3) is 0.667.